The standard InChI is InChI=1S/C23H21Cl2FN6O4.C2HF3O2/c1-5-18(33)29-13-8-6-7-12(26)21(13)30-16-10-17(28-11-27-16)32(2)23(34)31-22-19(24)14(35-3)9-15(36-4)20(22)25;3-2(4,5)1(6)7/h5-11H,1H2,2-4H3,(H,29,33)(H,31,34)(H,27,28,30);(H,6,7). The fourth-order valence-corrected chi connectivity index (χ4v) is 3.55. The van der Waals surface area contributed by atoms with Gasteiger partial charge < -0.3 is 30.5 Å². The molecule has 0 saturated heterocycles. The Morgan fingerprint density at radius 1 is 1.02 bits per heavy atom. The van der Waals surface area contributed by atoms with E-state index in [-0.39, 0.29) is 50.2 Å². The second kappa shape index (κ2) is 14.9. The monoisotopic (exact) mass is 648 g/mol. The summed E-state index contributed by atoms with van der Waals surface area (Å²) in [6.07, 6.45) is -2.85. The molecule has 3 aromatic rings. The molecule has 0 unspecified atom stereocenters. The fraction of sp³-hybridized carbons (Fsp3) is 0.160. The van der Waals surface area contributed by atoms with Gasteiger partial charge in [-0.3, -0.25) is 9.69 Å². The van der Waals surface area contributed by atoms with E-state index in [4.69, 9.17) is 42.6 Å². The number of carbonyl (C=O) groups excluding carboxylic acids is 2. The van der Waals surface area contributed by atoms with Crippen LogP contribution in [0.4, 0.5) is 51.1 Å². The number of methoxy groups -OCH3 is 2. The highest BCUT2D eigenvalue weighted by molar-refractivity contribution is 6.41. The van der Waals surface area contributed by atoms with Gasteiger partial charge in [-0.15, -0.1) is 0 Å². The zero-order valence-corrected chi connectivity index (χ0v) is 23.9. The maximum atomic E-state index is 14.5. The predicted octanol–water partition coefficient (Wildman–Crippen LogP) is 6.11. The maximum Gasteiger partial charge on any atom is 0.490 e. The van der Waals surface area contributed by atoms with Crippen LogP contribution in [0.25, 0.3) is 0 Å². The van der Waals surface area contributed by atoms with E-state index >= 15 is 0 Å². The van der Waals surface area contributed by atoms with Crippen molar-refractivity contribution < 1.29 is 46.5 Å². The van der Waals surface area contributed by atoms with Crippen LogP contribution < -0.4 is 30.3 Å². The summed E-state index contributed by atoms with van der Waals surface area (Å²) < 4.78 is 56.7. The van der Waals surface area contributed by atoms with Gasteiger partial charge in [-0.2, -0.15) is 13.2 Å². The highest BCUT2D eigenvalue weighted by Crippen LogP contribution is 2.44. The number of anilines is 5. The van der Waals surface area contributed by atoms with Gasteiger partial charge in [0.15, 0.2) is 0 Å². The van der Waals surface area contributed by atoms with E-state index < -0.39 is 29.9 Å². The Labute approximate surface area is 251 Å². The lowest BCUT2D eigenvalue weighted by Crippen LogP contribution is -2.32. The van der Waals surface area contributed by atoms with Gasteiger partial charge in [0.1, 0.15) is 45.3 Å². The molecule has 0 bridgehead atoms. The van der Waals surface area contributed by atoms with Gasteiger partial charge in [0.05, 0.1) is 31.3 Å². The van der Waals surface area contributed by atoms with E-state index in [1.165, 1.54) is 57.9 Å². The van der Waals surface area contributed by atoms with E-state index in [0.29, 0.717) is 0 Å². The molecule has 43 heavy (non-hydrogen) atoms. The molecular formula is C25H22Cl2F4N6O6. The number of halogens is 6. The number of carboxylic acid groups (broad SMARTS) is 1. The largest absolute Gasteiger partial charge is 0.495 e. The van der Waals surface area contributed by atoms with Crippen molar-refractivity contribution in [2.75, 3.05) is 42.1 Å². The van der Waals surface area contributed by atoms with Crippen molar-refractivity contribution in [1.82, 2.24) is 9.97 Å². The van der Waals surface area contributed by atoms with Gasteiger partial charge in [0, 0.05) is 19.2 Å². The predicted molar refractivity (Wildman–Crippen MR) is 151 cm³/mol. The van der Waals surface area contributed by atoms with Crippen LogP contribution in [0.1, 0.15) is 0 Å². The number of para-hydroxylation sites is 1. The molecule has 3 rings (SSSR count). The topological polar surface area (TPSA) is 155 Å². The van der Waals surface area contributed by atoms with E-state index in [0.717, 1.165) is 11.0 Å². The van der Waals surface area contributed by atoms with E-state index in [1.54, 1.807) is 0 Å². The Bertz CT molecular complexity index is 1500. The van der Waals surface area contributed by atoms with Crippen molar-refractivity contribution in [2.45, 2.75) is 6.18 Å². The minimum Gasteiger partial charge on any atom is -0.495 e. The number of nitrogens with one attached hydrogen (secondary N) is 3. The minimum atomic E-state index is -5.08. The summed E-state index contributed by atoms with van der Waals surface area (Å²) in [5.41, 5.74) is 0.210. The van der Waals surface area contributed by atoms with Gasteiger partial charge in [-0.1, -0.05) is 35.8 Å². The van der Waals surface area contributed by atoms with Crippen LogP contribution in [0, 0.1) is 5.82 Å². The molecule has 18 heteroatoms. The summed E-state index contributed by atoms with van der Waals surface area (Å²) >= 11 is 12.6. The van der Waals surface area contributed by atoms with Crippen LogP contribution in [0.15, 0.2) is 49.3 Å². The summed E-state index contributed by atoms with van der Waals surface area (Å²) in [4.78, 5) is 42.9. The lowest BCUT2D eigenvalue weighted by Gasteiger charge is -2.20. The van der Waals surface area contributed by atoms with Gasteiger partial charge in [0.25, 0.3) is 0 Å². The van der Waals surface area contributed by atoms with Crippen LogP contribution in [-0.4, -0.2) is 60.4 Å². The van der Waals surface area contributed by atoms with Crippen molar-refractivity contribution >= 4 is 69.8 Å². The Kier molecular flexibility index (Phi) is 11.9. The number of nitrogens with zero attached hydrogens (tertiary/aromatic N) is 3. The van der Waals surface area contributed by atoms with Crippen molar-refractivity contribution in [3.63, 3.8) is 0 Å². The third kappa shape index (κ3) is 9.08. The second-order valence-electron chi connectivity index (χ2n) is 7.82. The number of hydrogen-bond acceptors (Lipinski definition) is 8. The number of ether oxygens (including phenoxy) is 2. The average molecular weight is 649 g/mol. The lowest BCUT2D eigenvalue weighted by atomic mass is 10.2. The van der Waals surface area contributed by atoms with Crippen LogP contribution in [0.2, 0.25) is 10.0 Å². The first-order valence-corrected chi connectivity index (χ1v) is 12.2. The number of alkyl halides is 3. The second-order valence-corrected chi connectivity index (χ2v) is 8.57. The fourth-order valence-electron chi connectivity index (χ4n) is 2.96. The molecule has 1 heterocycles. The molecule has 2 aromatic carbocycles. The summed E-state index contributed by atoms with van der Waals surface area (Å²) in [6.45, 7) is 3.38. The summed E-state index contributed by atoms with van der Waals surface area (Å²) in [7, 11) is 4.26. The lowest BCUT2D eigenvalue weighted by molar-refractivity contribution is -0.192. The number of aliphatic carboxylic acids is 1. The van der Waals surface area contributed by atoms with Crippen LogP contribution >= 0.6 is 23.2 Å². The number of amides is 3. The van der Waals surface area contributed by atoms with E-state index in [1.807, 2.05) is 0 Å². The highest BCUT2D eigenvalue weighted by Gasteiger charge is 2.38. The molecule has 4 N–H and O–H groups in total. The molecule has 0 fully saturated rings. The molecule has 0 aliphatic carbocycles. The first-order valence-electron chi connectivity index (χ1n) is 11.4. The third-order valence-corrected chi connectivity index (χ3v) is 5.81. The zero-order valence-electron chi connectivity index (χ0n) is 22.3. The maximum absolute atomic E-state index is 14.5. The normalized spacial score (nSPS) is 10.4. The molecule has 0 atom stereocenters. The molecular weight excluding hydrogens is 627 g/mol. The van der Waals surface area contributed by atoms with Crippen molar-refractivity contribution in [3.8, 4) is 11.5 Å². The van der Waals surface area contributed by atoms with Crippen LogP contribution in [0.5, 0.6) is 11.5 Å². The smallest absolute Gasteiger partial charge is 0.490 e. The Morgan fingerprint density at radius 3 is 2.12 bits per heavy atom. The van der Waals surface area contributed by atoms with Crippen molar-refractivity contribution in [3.05, 3.63) is 65.2 Å². The third-order valence-electron chi connectivity index (χ3n) is 5.06. The molecule has 0 saturated carbocycles. The molecule has 0 radical (unpaired) electrons. The summed E-state index contributed by atoms with van der Waals surface area (Å²) in [5, 5.41) is 15.2. The first-order chi connectivity index (χ1) is 20.1. The van der Waals surface area contributed by atoms with Crippen LogP contribution in [0.3, 0.4) is 0 Å². The van der Waals surface area contributed by atoms with E-state index in [9.17, 15) is 27.2 Å². The molecule has 1 aromatic heterocycles. The highest BCUT2D eigenvalue weighted by atomic mass is 35.5. The Morgan fingerprint density at radius 2 is 1.60 bits per heavy atom. The molecule has 230 valence electrons. The Hall–Kier alpha value is -4.83. The molecule has 0 spiro atoms. The van der Waals surface area contributed by atoms with Crippen molar-refractivity contribution in [1.29, 1.82) is 0 Å². The quantitative estimate of drug-likeness (QED) is 0.167. The number of urea groups is 1. The van der Waals surface area contributed by atoms with Gasteiger partial charge in [-0.25, -0.2) is 23.9 Å². The molecule has 0 aliphatic heterocycles. The van der Waals surface area contributed by atoms with Crippen LogP contribution in [-0.2, 0) is 9.59 Å². The van der Waals surface area contributed by atoms with Gasteiger partial charge in [0.2, 0.25) is 5.91 Å². The number of rotatable bonds is 8. The number of benzene rings is 2. The molecule has 3 amide bonds. The first kappa shape index (κ1) is 34.4. The number of carboxylic acids is 1. The van der Waals surface area contributed by atoms with Crippen molar-refractivity contribution in [2.24, 2.45) is 0 Å². The average Bonchev–Trinajstić information content (AvgIpc) is 2.96. The van der Waals surface area contributed by atoms with Gasteiger partial charge in [-0.05, 0) is 18.2 Å². The molecule has 0 aliphatic rings. The molecule has 12 nitrogen and oxygen atoms in total. The SMILES string of the molecule is C=CC(=O)Nc1cccc(F)c1Nc1cc(N(C)C(=O)Nc2c(Cl)c(OC)cc(OC)c2Cl)ncn1.O=C(O)C(F)(F)F. The minimum absolute atomic E-state index is 0.0357. The van der Waals surface area contributed by atoms with Gasteiger partial charge >= 0.3 is 18.2 Å². The summed E-state index contributed by atoms with van der Waals surface area (Å²) in [6, 6.07) is 6.39. The van der Waals surface area contributed by atoms with E-state index in [2.05, 4.69) is 32.5 Å². The number of hydrogen-bond donors (Lipinski definition) is 4. The Balaban J connectivity index is 0.000000821. The summed E-state index contributed by atoms with van der Waals surface area (Å²) in [5.74, 6) is -3.12. The number of carbonyl (C=O) groups is 3. The zero-order chi connectivity index (χ0) is 32.5. The number of aromatic nitrogens is 2.